The fraction of sp³-hybridized carbons (Fsp3) is 0.158. The Kier molecular flexibility index (Phi) is 4.76. The molecule has 0 radical (unpaired) electrons. The average Bonchev–Trinajstić information content (AvgIpc) is 2.85. The molecule has 3 rings (SSSR count). The van der Waals surface area contributed by atoms with Gasteiger partial charge in [-0.3, -0.25) is 9.59 Å². The van der Waals surface area contributed by atoms with E-state index in [4.69, 9.17) is 16.3 Å². The highest BCUT2D eigenvalue weighted by atomic mass is 35.5. The van der Waals surface area contributed by atoms with Crippen LogP contribution >= 0.6 is 11.6 Å². The molecule has 1 aliphatic heterocycles. The fourth-order valence-electron chi connectivity index (χ4n) is 2.78. The molecule has 0 saturated heterocycles. The molecule has 6 heteroatoms. The van der Waals surface area contributed by atoms with E-state index in [1.54, 1.807) is 24.3 Å². The van der Waals surface area contributed by atoms with Crippen LogP contribution in [-0.2, 0) is 4.79 Å². The van der Waals surface area contributed by atoms with Crippen molar-refractivity contribution in [3.63, 3.8) is 0 Å². The Bertz CT molecular complexity index is 828. The second kappa shape index (κ2) is 6.99. The Balaban J connectivity index is 1.65. The zero-order valence-corrected chi connectivity index (χ0v) is 14.5. The first-order valence-corrected chi connectivity index (χ1v) is 8.12. The molecule has 0 unspecified atom stereocenters. The van der Waals surface area contributed by atoms with E-state index in [0.717, 1.165) is 5.56 Å². The van der Waals surface area contributed by atoms with Gasteiger partial charge in [-0.2, -0.15) is 0 Å². The second-order valence-electron chi connectivity index (χ2n) is 5.59. The number of carbonyl (C=O) groups is 2. The van der Waals surface area contributed by atoms with E-state index in [1.165, 1.54) is 12.0 Å². The molecule has 1 aliphatic rings. The number of nitrogens with one attached hydrogen (secondary N) is 1. The van der Waals surface area contributed by atoms with Gasteiger partial charge in [-0.05, 0) is 24.3 Å². The van der Waals surface area contributed by atoms with Crippen molar-refractivity contribution >= 4 is 34.8 Å². The molecule has 5 nitrogen and oxygen atoms in total. The number of amides is 2. The quantitative estimate of drug-likeness (QED) is 0.886. The standard InChI is InChI=1S/C19H17ClN2O3/c1-12-14-5-3-4-6-15(14)19(24)22(12)10-9-18(23)21-16-11-13(20)7-8-17(16)25-2/h3-8,11H,1,9-10H2,2H3,(H,21,23). The monoisotopic (exact) mass is 356 g/mol. The molecule has 128 valence electrons. The van der Waals surface area contributed by atoms with E-state index < -0.39 is 0 Å². The molecule has 0 aliphatic carbocycles. The van der Waals surface area contributed by atoms with Crippen LogP contribution in [0.2, 0.25) is 5.02 Å². The SMILES string of the molecule is C=C1c2ccccc2C(=O)N1CCC(=O)Nc1cc(Cl)ccc1OC. The molecular formula is C19H17ClN2O3. The van der Waals surface area contributed by atoms with Crippen LogP contribution in [0.5, 0.6) is 5.75 Å². The summed E-state index contributed by atoms with van der Waals surface area (Å²) in [6.07, 6.45) is 0.133. The fourth-order valence-corrected chi connectivity index (χ4v) is 2.95. The predicted molar refractivity (Wildman–Crippen MR) is 97.8 cm³/mol. The summed E-state index contributed by atoms with van der Waals surface area (Å²) in [4.78, 5) is 26.2. The average molecular weight is 357 g/mol. The van der Waals surface area contributed by atoms with Crippen LogP contribution in [0.1, 0.15) is 22.3 Å². The van der Waals surface area contributed by atoms with Crippen LogP contribution in [0.15, 0.2) is 49.0 Å². The summed E-state index contributed by atoms with van der Waals surface area (Å²) >= 11 is 5.96. The molecule has 2 aromatic carbocycles. The Hall–Kier alpha value is -2.79. The number of hydrogen-bond donors (Lipinski definition) is 1. The molecule has 1 N–H and O–H groups in total. The molecule has 1 heterocycles. The Morgan fingerprint density at radius 1 is 1.24 bits per heavy atom. The lowest BCUT2D eigenvalue weighted by Crippen LogP contribution is -2.27. The predicted octanol–water partition coefficient (Wildman–Crippen LogP) is 3.80. The third kappa shape index (κ3) is 3.37. The second-order valence-corrected chi connectivity index (χ2v) is 6.03. The highest BCUT2D eigenvalue weighted by Crippen LogP contribution is 2.31. The maximum absolute atomic E-state index is 12.4. The summed E-state index contributed by atoms with van der Waals surface area (Å²) in [5.41, 5.74) is 2.54. The number of rotatable bonds is 5. The van der Waals surface area contributed by atoms with Gasteiger partial charge in [0.05, 0.1) is 12.8 Å². The smallest absolute Gasteiger partial charge is 0.258 e. The lowest BCUT2D eigenvalue weighted by molar-refractivity contribution is -0.116. The zero-order valence-electron chi connectivity index (χ0n) is 13.7. The van der Waals surface area contributed by atoms with Crippen molar-refractivity contribution in [1.82, 2.24) is 4.90 Å². The van der Waals surface area contributed by atoms with Gasteiger partial charge >= 0.3 is 0 Å². The van der Waals surface area contributed by atoms with Crippen LogP contribution in [-0.4, -0.2) is 30.4 Å². The van der Waals surface area contributed by atoms with Crippen LogP contribution in [0, 0.1) is 0 Å². The van der Waals surface area contributed by atoms with Crippen LogP contribution in [0.3, 0.4) is 0 Å². The maximum atomic E-state index is 12.4. The third-order valence-corrected chi connectivity index (χ3v) is 4.27. The minimum absolute atomic E-state index is 0.131. The first-order chi connectivity index (χ1) is 12.0. The van der Waals surface area contributed by atoms with Gasteiger partial charge in [-0.1, -0.05) is 36.4 Å². The molecular weight excluding hydrogens is 340 g/mol. The van der Waals surface area contributed by atoms with Gasteiger partial charge < -0.3 is 15.0 Å². The van der Waals surface area contributed by atoms with Crippen molar-refractivity contribution in [2.75, 3.05) is 19.0 Å². The molecule has 0 fully saturated rings. The summed E-state index contributed by atoms with van der Waals surface area (Å²) in [7, 11) is 1.52. The van der Waals surface area contributed by atoms with E-state index in [9.17, 15) is 9.59 Å². The van der Waals surface area contributed by atoms with Crippen LogP contribution in [0.25, 0.3) is 5.70 Å². The van der Waals surface area contributed by atoms with Gasteiger partial charge in [0.15, 0.2) is 0 Å². The number of halogens is 1. The Labute approximate surface area is 150 Å². The van der Waals surface area contributed by atoms with Gasteiger partial charge in [-0.15, -0.1) is 0 Å². The molecule has 0 bridgehead atoms. The third-order valence-electron chi connectivity index (χ3n) is 4.04. The van der Waals surface area contributed by atoms with Gasteiger partial charge in [0, 0.05) is 34.8 Å². The molecule has 0 spiro atoms. The molecule has 25 heavy (non-hydrogen) atoms. The van der Waals surface area contributed by atoms with Crippen molar-refractivity contribution in [3.05, 3.63) is 65.2 Å². The summed E-state index contributed by atoms with van der Waals surface area (Å²) in [6, 6.07) is 12.3. The minimum atomic E-state index is -0.239. The number of ether oxygens (including phenoxy) is 1. The number of carbonyl (C=O) groups excluding carboxylic acids is 2. The van der Waals surface area contributed by atoms with Crippen molar-refractivity contribution in [3.8, 4) is 5.75 Å². The van der Waals surface area contributed by atoms with Gasteiger partial charge in [0.1, 0.15) is 5.75 Å². The molecule has 2 aromatic rings. The molecule has 0 saturated carbocycles. The number of methoxy groups -OCH3 is 1. The normalized spacial score (nSPS) is 13.0. The van der Waals surface area contributed by atoms with E-state index >= 15 is 0 Å². The highest BCUT2D eigenvalue weighted by molar-refractivity contribution is 6.31. The van der Waals surface area contributed by atoms with Crippen LogP contribution < -0.4 is 10.1 Å². The zero-order chi connectivity index (χ0) is 18.0. The molecule has 2 amide bonds. The van der Waals surface area contributed by atoms with E-state index in [1.807, 2.05) is 18.2 Å². The minimum Gasteiger partial charge on any atom is -0.495 e. The Morgan fingerprint density at radius 2 is 1.96 bits per heavy atom. The first kappa shape index (κ1) is 17.0. The highest BCUT2D eigenvalue weighted by Gasteiger charge is 2.30. The Morgan fingerprint density at radius 3 is 2.64 bits per heavy atom. The van der Waals surface area contributed by atoms with Crippen molar-refractivity contribution < 1.29 is 14.3 Å². The summed E-state index contributed by atoms with van der Waals surface area (Å²) in [6.45, 7) is 4.22. The topological polar surface area (TPSA) is 58.6 Å². The summed E-state index contributed by atoms with van der Waals surface area (Å²) in [5, 5.41) is 3.26. The number of fused-ring (bicyclic) bond motifs is 1. The number of benzene rings is 2. The number of hydrogen-bond acceptors (Lipinski definition) is 3. The lowest BCUT2D eigenvalue weighted by Gasteiger charge is -2.17. The van der Waals surface area contributed by atoms with Gasteiger partial charge in [0.2, 0.25) is 5.91 Å². The lowest BCUT2D eigenvalue weighted by atomic mass is 10.1. The largest absolute Gasteiger partial charge is 0.495 e. The number of nitrogens with zero attached hydrogens (tertiary/aromatic N) is 1. The number of anilines is 1. The molecule has 0 atom stereocenters. The first-order valence-electron chi connectivity index (χ1n) is 7.75. The van der Waals surface area contributed by atoms with E-state index in [2.05, 4.69) is 11.9 Å². The van der Waals surface area contributed by atoms with Crippen molar-refractivity contribution in [1.29, 1.82) is 0 Å². The van der Waals surface area contributed by atoms with Gasteiger partial charge in [0.25, 0.3) is 5.91 Å². The summed E-state index contributed by atoms with van der Waals surface area (Å²) in [5.74, 6) is 0.151. The van der Waals surface area contributed by atoms with Crippen molar-refractivity contribution in [2.45, 2.75) is 6.42 Å². The van der Waals surface area contributed by atoms with Crippen molar-refractivity contribution in [2.24, 2.45) is 0 Å². The van der Waals surface area contributed by atoms with Gasteiger partial charge in [-0.25, -0.2) is 0 Å². The van der Waals surface area contributed by atoms with E-state index in [0.29, 0.717) is 27.7 Å². The van der Waals surface area contributed by atoms with E-state index in [-0.39, 0.29) is 24.8 Å². The maximum Gasteiger partial charge on any atom is 0.258 e. The summed E-state index contributed by atoms with van der Waals surface area (Å²) < 4.78 is 5.20. The molecule has 0 aromatic heterocycles. The van der Waals surface area contributed by atoms with Crippen LogP contribution in [0.4, 0.5) is 5.69 Å².